The Morgan fingerprint density at radius 1 is 1.35 bits per heavy atom. The summed E-state index contributed by atoms with van der Waals surface area (Å²) in [6, 6.07) is 0.283. The molecule has 0 saturated carbocycles. The zero-order valence-corrected chi connectivity index (χ0v) is 10.5. The number of likely N-dealkylation sites (tertiary alicyclic amines) is 1. The Balaban J connectivity index is 2.01. The third kappa shape index (κ3) is 1.21. The number of hydrogen-bond donors (Lipinski definition) is 0. The molecule has 0 spiro atoms. The minimum atomic E-state index is -0.585. The molecule has 94 valence electrons. The fourth-order valence-electron chi connectivity index (χ4n) is 3.60. The first-order valence-corrected chi connectivity index (χ1v) is 6.24. The number of rotatable bonds is 0. The fraction of sp³-hybridized carbons (Fsp3) is 0.833. The Bertz CT molecular complexity index is 397. The highest BCUT2D eigenvalue weighted by Gasteiger charge is 2.65. The molecule has 0 bridgehead atoms. The van der Waals surface area contributed by atoms with Crippen molar-refractivity contribution in [3.63, 3.8) is 0 Å². The summed E-state index contributed by atoms with van der Waals surface area (Å²) in [6.07, 6.45) is 2.49. The maximum Gasteiger partial charge on any atom is 0.261 e. The molecule has 0 N–H and O–H groups in total. The lowest BCUT2D eigenvalue weighted by molar-refractivity contribution is -0.223. The van der Waals surface area contributed by atoms with Crippen LogP contribution in [0.5, 0.6) is 0 Å². The molecule has 5 heteroatoms. The first kappa shape index (κ1) is 11.2. The van der Waals surface area contributed by atoms with Crippen LogP contribution in [0.1, 0.15) is 33.1 Å². The van der Waals surface area contributed by atoms with E-state index in [0.717, 1.165) is 19.3 Å². The predicted molar refractivity (Wildman–Crippen MR) is 59.7 cm³/mol. The van der Waals surface area contributed by atoms with Gasteiger partial charge >= 0.3 is 0 Å². The first-order valence-electron chi connectivity index (χ1n) is 6.24. The van der Waals surface area contributed by atoms with Gasteiger partial charge in [-0.3, -0.25) is 19.3 Å². The van der Waals surface area contributed by atoms with Crippen molar-refractivity contribution in [1.29, 1.82) is 0 Å². The Kier molecular flexibility index (Phi) is 2.16. The highest BCUT2D eigenvalue weighted by atomic mass is 16.7. The Morgan fingerprint density at radius 3 is 2.76 bits per heavy atom. The quantitative estimate of drug-likeness (QED) is 0.578. The van der Waals surface area contributed by atoms with Crippen molar-refractivity contribution in [3.05, 3.63) is 0 Å². The molecule has 3 aliphatic rings. The Hall–Kier alpha value is -0.940. The van der Waals surface area contributed by atoms with E-state index in [2.05, 4.69) is 13.8 Å². The molecule has 0 radical (unpaired) electrons. The summed E-state index contributed by atoms with van der Waals surface area (Å²) in [5, 5.41) is 1.91. The van der Waals surface area contributed by atoms with Gasteiger partial charge in [0.05, 0.1) is 11.5 Å². The zero-order chi connectivity index (χ0) is 12.4. The molecular formula is C12H18N2O3. The number of imide groups is 1. The van der Waals surface area contributed by atoms with Crippen molar-refractivity contribution < 1.29 is 14.4 Å². The smallest absolute Gasteiger partial charge is 0.261 e. The predicted octanol–water partition coefficient (Wildman–Crippen LogP) is 0.548. The number of likely N-dealkylation sites (N-methyl/N-ethyl adjacent to an activating group) is 1. The molecule has 0 aromatic rings. The monoisotopic (exact) mass is 238 g/mol. The fourth-order valence-corrected chi connectivity index (χ4v) is 3.60. The van der Waals surface area contributed by atoms with E-state index in [0.29, 0.717) is 0 Å². The average Bonchev–Trinajstić information content (AvgIpc) is 2.70. The molecule has 5 nitrogen and oxygen atoms in total. The molecule has 3 aliphatic heterocycles. The Morgan fingerprint density at radius 2 is 2.06 bits per heavy atom. The molecule has 0 aliphatic carbocycles. The van der Waals surface area contributed by atoms with Crippen LogP contribution in [0.3, 0.4) is 0 Å². The van der Waals surface area contributed by atoms with E-state index in [1.807, 2.05) is 5.06 Å². The number of carbonyl (C=O) groups is 2. The van der Waals surface area contributed by atoms with Crippen LogP contribution in [-0.2, 0) is 14.4 Å². The van der Waals surface area contributed by atoms with Crippen molar-refractivity contribution in [2.45, 2.75) is 50.8 Å². The second-order valence-electron chi connectivity index (χ2n) is 5.66. The van der Waals surface area contributed by atoms with Gasteiger partial charge in [-0.1, -0.05) is 0 Å². The van der Waals surface area contributed by atoms with Gasteiger partial charge in [-0.25, -0.2) is 0 Å². The van der Waals surface area contributed by atoms with Crippen molar-refractivity contribution in [3.8, 4) is 0 Å². The third-order valence-electron chi connectivity index (χ3n) is 4.58. The van der Waals surface area contributed by atoms with Crippen molar-refractivity contribution in [1.82, 2.24) is 9.96 Å². The van der Waals surface area contributed by atoms with Gasteiger partial charge in [0, 0.05) is 13.1 Å². The second-order valence-corrected chi connectivity index (χ2v) is 5.66. The van der Waals surface area contributed by atoms with Crippen molar-refractivity contribution in [2.24, 2.45) is 5.92 Å². The summed E-state index contributed by atoms with van der Waals surface area (Å²) >= 11 is 0. The van der Waals surface area contributed by atoms with E-state index in [1.165, 1.54) is 4.90 Å². The molecule has 4 atom stereocenters. The minimum absolute atomic E-state index is 0.0842. The lowest BCUT2D eigenvalue weighted by Gasteiger charge is -2.43. The summed E-state index contributed by atoms with van der Waals surface area (Å²) in [4.78, 5) is 31.1. The SMILES string of the molecule is C[C@@H]1CCC[C@@]2(C)[C@H]3C(=O)N(C)C(=O)[C@H]3ON12. The van der Waals surface area contributed by atoms with Crippen LogP contribution in [0.15, 0.2) is 0 Å². The number of hydrogen-bond acceptors (Lipinski definition) is 4. The van der Waals surface area contributed by atoms with Gasteiger partial charge in [0.2, 0.25) is 5.91 Å². The molecular weight excluding hydrogens is 220 g/mol. The van der Waals surface area contributed by atoms with Crippen LogP contribution in [-0.4, -0.2) is 46.5 Å². The van der Waals surface area contributed by atoms with Gasteiger partial charge in [-0.15, -0.1) is 0 Å². The number of carbonyl (C=O) groups excluding carboxylic acids is 2. The van der Waals surface area contributed by atoms with Gasteiger partial charge in [0.25, 0.3) is 5.91 Å². The molecule has 3 heterocycles. The summed E-state index contributed by atoms with van der Waals surface area (Å²) in [6.45, 7) is 4.15. The van der Waals surface area contributed by atoms with E-state index in [-0.39, 0.29) is 29.3 Å². The van der Waals surface area contributed by atoms with Crippen LogP contribution >= 0.6 is 0 Å². The summed E-state index contributed by atoms with van der Waals surface area (Å²) in [5.74, 6) is -0.593. The average molecular weight is 238 g/mol. The molecule has 3 saturated heterocycles. The molecule has 0 unspecified atom stereocenters. The second kappa shape index (κ2) is 3.29. The number of fused-ring (bicyclic) bond motifs is 3. The lowest BCUT2D eigenvalue weighted by atomic mass is 9.76. The molecule has 0 aromatic heterocycles. The normalized spacial score (nSPS) is 46.3. The van der Waals surface area contributed by atoms with Gasteiger partial charge in [0.15, 0.2) is 6.10 Å². The van der Waals surface area contributed by atoms with E-state index in [1.54, 1.807) is 7.05 Å². The molecule has 3 fully saturated rings. The maximum absolute atomic E-state index is 12.2. The molecule has 17 heavy (non-hydrogen) atoms. The summed E-state index contributed by atoms with van der Waals surface area (Å²) in [5.41, 5.74) is -0.306. The standard InChI is InChI=1S/C12H18N2O3/c1-7-5-4-6-12(2)8-9(17-14(7)12)11(16)13(3)10(8)15/h7-9H,4-6H2,1-3H3/t7-,8-,9+,12+/m1/s1. The highest BCUT2D eigenvalue weighted by Crippen LogP contribution is 2.48. The summed E-state index contributed by atoms with van der Waals surface area (Å²) < 4.78 is 0. The number of hydroxylamine groups is 2. The maximum atomic E-state index is 12.2. The van der Waals surface area contributed by atoms with Crippen LogP contribution < -0.4 is 0 Å². The van der Waals surface area contributed by atoms with E-state index in [4.69, 9.17) is 4.84 Å². The first-order chi connectivity index (χ1) is 7.97. The largest absolute Gasteiger partial charge is 0.284 e. The van der Waals surface area contributed by atoms with Crippen LogP contribution in [0.25, 0.3) is 0 Å². The van der Waals surface area contributed by atoms with Crippen molar-refractivity contribution >= 4 is 11.8 Å². The highest BCUT2D eigenvalue weighted by molar-refractivity contribution is 6.07. The van der Waals surface area contributed by atoms with Crippen LogP contribution in [0, 0.1) is 5.92 Å². The number of nitrogens with zero attached hydrogens (tertiary/aromatic N) is 2. The topological polar surface area (TPSA) is 49.9 Å². The van der Waals surface area contributed by atoms with Crippen LogP contribution in [0.4, 0.5) is 0 Å². The third-order valence-corrected chi connectivity index (χ3v) is 4.58. The zero-order valence-electron chi connectivity index (χ0n) is 10.5. The van der Waals surface area contributed by atoms with Crippen LogP contribution in [0.2, 0.25) is 0 Å². The lowest BCUT2D eigenvalue weighted by Crippen LogP contribution is -2.54. The molecule has 3 rings (SSSR count). The van der Waals surface area contributed by atoms with E-state index in [9.17, 15) is 9.59 Å². The number of amides is 2. The van der Waals surface area contributed by atoms with Gasteiger partial charge in [-0.2, -0.15) is 5.06 Å². The van der Waals surface area contributed by atoms with Crippen molar-refractivity contribution in [2.75, 3.05) is 7.05 Å². The minimum Gasteiger partial charge on any atom is -0.284 e. The van der Waals surface area contributed by atoms with Gasteiger partial charge in [0.1, 0.15) is 0 Å². The molecule has 2 amide bonds. The van der Waals surface area contributed by atoms with E-state index < -0.39 is 6.10 Å². The Labute approximate surface area is 101 Å². The number of piperidine rings is 1. The molecule has 0 aromatic carbocycles. The summed E-state index contributed by atoms with van der Waals surface area (Å²) in [7, 11) is 1.55. The van der Waals surface area contributed by atoms with E-state index >= 15 is 0 Å². The van der Waals surface area contributed by atoms with Gasteiger partial charge < -0.3 is 0 Å². The van der Waals surface area contributed by atoms with Gasteiger partial charge in [-0.05, 0) is 33.1 Å².